The third kappa shape index (κ3) is 7.60. The number of aryl methyl sites for hydroxylation is 3. The summed E-state index contributed by atoms with van der Waals surface area (Å²) in [5.74, 6) is 1.66. The number of guanidine groups is 1. The molecule has 7 nitrogen and oxygen atoms in total. The molecule has 0 saturated carbocycles. The van der Waals surface area contributed by atoms with Crippen LogP contribution in [0.2, 0.25) is 0 Å². The average molecular weight is 388 g/mol. The van der Waals surface area contributed by atoms with E-state index in [1.54, 1.807) is 7.11 Å². The second-order valence-corrected chi connectivity index (χ2v) is 6.61. The highest BCUT2D eigenvalue weighted by Gasteiger charge is 2.02. The summed E-state index contributed by atoms with van der Waals surface area (Å²) in [4.78, 5) is 4.68. The fourth-order valence-corrected chi connectivity index (χ4v) is 2.83. The summed E-state index contributed by atoms with van der Waals surface area (Å²) in [6.07, 6.45) is 0.981. The van der Waals surface area contributed by atoms with E-state index in [1.807, 2.05) is 25.1 Å². The van der Waals surface area contributed by atoms with E-state index in [9.17, 15) is 0 Å². The lowest BCUT2D eigenvalue weighted by molar-refractivity contribution is 0.146. The van der Waals surface area contributed by atoms with Gasteiger partial charge in [-0.25, -0.2) is 4.99 Å². The van der Waals surface area contributed by atoms with Crippen molar-refractivity contribution in [3.63, 3.8) is 0 Å². The summed E-state index contributed by atoms with van der Waals surface area (Å²) in [7, 11) is 1.67. The van der Waals surface area contributed by atoms with Crippen molar-refractivity contribution in [2.24, 2.45) is 4.99 Å². The van der Waals surface area contributed by atoms with Crippen LogP contribution in [-0.2, 0) is 17.8 Å². The maximum Gasteiger partial charge on any atom is 0.191 e. The van der Waals surface area contributed by atoms with Gasteiger partial charge >= 0.3 is 0 Å². The van der Waals surface area contributed by atoms with Crippen LogP contribution < -0.4 is 15.4 Å². The minimum Gasteiger partial charge on any atom is -0.491 e. The van der Waals surface area contributed by atoms with Gasteiger partial charge in [0.05, 0.1) is 18.8 Å². The largest absolute Gasteiger partial charge is 0.491 e. The van der Waals surface area contributed by atoms with Gasteiger partial charge in [0, 0.05) is 32.4 Å². The molecule has 0 aliphatic heterocycles. The standard InChI is InChI=1S/C21H33N5O2/c1-5-22-21(23-10-7-11-26-18(3)14-17(2)25-26)24-16-19-8-6-9-20(15-19)28-13-12-27-4/h6,8-9,14-15H,5,7,10-13,16H2,1-4H3,(H2,22,23,24). The van der Waals surface area contributed by atoms with Crippen LogP contribution in [0.15, 0.2) is 35.3 Å². The third-order valence-electron chi connectivity index (χ3n) is 4.16. The summed E-state index contributed by atoms with van der Waals surface area (Å²) in [5, 5.41) is 11.2. The first kappa shape index (κ1) is 21.8. The Bertz CT molecular complexity index is 742. The highest BCUT2D eigenvalue weighted by Crippen LogP contribution is 2.14. The van der Waals surface area contributed by atoms with Gasteiger partial charge in [0.25, 0.3) is 0 Å². The van der Waals surface area contributed by atoms with E-state index in [0.29, 0.717) is 19.8 Å². The van der Waals surface area contributed by atoms with Gasteiger partial charge in [-0.05, 0) is 51.0 Å². The quantitative estimate of drug-likeness (QED) is 0.352. The van der Waals surface area contributed by atoms with Gasteiger partial charge < -0.3 is 20.1 Å². The van der Waals surface area contributed by atoms with Crippen LogP contribution in [0.5, 0.6) is 5.75 Å². The maximum absolute atomic E-state index is 5.66. The van der Waals surface area contributed by atoms with Crippen molar-refractivity contribution in [1.82, 2.24) is 20.4 Å². The zero-order valence-electron chi connectivity index (χ0n) is 17.5. The van der Waals surface area contributed by atoms with Gasteiger partial charge in [-0.15, -0.1) is 0 Å². The molecule has 0 aliphatic carbocycles. The van der Waals surface area contributed by atoms with Crippen molar-refractivity contribution in [3.05, 3.63) is 47.3 Å². The normalized spacial score (nSPS) is 11.5. The van der Waals surface area contributed by atoms with Gasteiger partial charge in [-0.1, -0.05) is 12.1 Å². The Morgan fingerprint density at radius 1 is 1.18 bits per heavy atom. The topological polar surface area (TPSA) is 72.7 Å². The van der Waals surface area contributed by atoms with Gasteiger partial charge in [0.2, 0.25) is 0 Å². The van der Waals surface area contributed by atoms with Crippen molar-refractivity contribution in [3.8, 4) is 5.75 Å². The van der Waals surface area contributed by atoms with Gasteiger partial charge in [0.1, 0.15) is 12.4 Å². The fraction of sp³-hybridized carbons (Fsp3) is 0.524. The molecule has 7 heteroatoms. The Hall–Kier alpha value is -2.54. The maximum atomic E-state index is 5.66. The number of methoxy groups -OCH3 is 1. The minimum atomic E-state index is 0.544. The van der Waals surface area contributed by atoms with Crippen LogP contribution in [0.1, 0.15) is 30.3 Å². The number of aliphatic imine (C=N–C) groups is 1. The van der Waals surface area contributed by atoms with Crippen LogP contribution in [0, 0.1) is 13.8 Å². The van der Waals surface area contributed by atoms with Crippen LogP contribution in [0.3, 0.4) is 0 Å². The SMILES string of the molecule is CCNC(=NCc1cccc(OCCOC)c1)NCCCn1nc(C)cc1C. The molecule has 2 N–H and O–H groups in total. The van der Waals surface area contributed by atoms with E-state index in [1.165, 1.54) is 5.69 Å². The van der Waals surface area contributed by atoms with E-state index < -0.39 is 0 Å². The summed E-state index contributed by atoms with van der Waals surface area (Å²) < 4.78 is 12.7. The molecule has 0 bridgehead atoms. The molecule has 0 fully saturated rings. The summed E-state index contributed by atoms with van der Waals surface area (Å²) >= 11 is 0. The smallest absolute Gasteiger partial charge is 0.191 e. The summed E-state index contributed by atoms with van der Waals surface area (Å²) in [5.41, 5.74) is 3.37. The highest BCUT2D eigenvalue weighted by atomic mass is 16.5. The van der Waals surface area contributed by atoms with Gasteiger partial charge in [0.15, 0.2) is 5.96 Å². The second-order valence-electron chi connectivity index (χ2n) is 6.61. The number of aromatic nitrogens is 2. The first-order chi connectivity index (χ1) is 13.6. The number of rotatable bonds is 11. The predicted molar refractivity (Wildman–Crippen MR) is 113 cm³/mol. The molecule has 0 radical (unpaired) electrons. The first-order valence-electron chi connectivity index (χ1n) is 9.86. The van der Waals surface area contributed by atoms with E-state index in [2.05, 4.69) is 51.4 Å². The Morgan fingerprint density at radius 3 is 2.75 bits per heavy atom. The number of nitrogens with zero attached hydrogens (tertiary/aromatic N) is 3. The van der Waals surface area contributed by atoms with Crippen LogP contribution in [-0.4, -0.2) is 49.2 Å². The molecule has 0 saturated heterocycles. The monoisotopic (exact) mass is 387 g/mol. The Balaban J connectivity index is 1.82. The molecule has 2 rings (SSSR count). The van der Waals surface area contributed by atoms with Gasteiger partial charge in [-0.3, -0.25) is 4.68 Å². The first-order valence-corrected chi connectivity index (χ1v) is 9.86. The Labute approximate surface area is 168 Å². The second kappa shape index (κ2) is 12.0. The number of ether oxygens (including phenoxy) is 2. The van der Waals surface area contributed by atoms with E-state index in [0.717, 1.165) is 49.0 Å². The van der Waals surface area contributed by atoms with Crippen molar-refractivity contribution in [2.75, 3.05) is 33.4 Å². The number of benzene rings is 1. The number of hydrogen-bond acceptors (Lipinski definition) is 4. The molecule has 1 aromatic carbocycles. The van der Waals surface area contributed by atoms with Crippen molar-refractivity contribution >= 4 is 5.96 Å². The van der Waals surface area contributed by atoms with Gasteiger partial charge in [-0.2, -0.15) is 5.10 Å². The number of nitrogens with one attached hydrogen (secondary N) is 2. The third-order valence-corrected chi connectivity index (χ3v) is 4.16. The lowest BCUT2D eigenvalue weighted by Crippen LogP contribution is -2.38. The highest BCUT2D eigenvalue weighted by molar-refractivity contribution is 5.79. The Morgan fingerprint density at radius 2 is 2.04 bits per heavy atom. The zero-order chi connectivity index (χ0) is 20.2. The lowest BCUT2D eigenvalue weighted by atomic mass is 10.2. The minimum absolute atomic E-state index is 0.544. The lowest BCUT2D eigenvalue weighted by Gasteiger charge is -2.12. The predicted octanol–water partition coefficient (Wildman–Crippen LogP) is 2.67. The van der Waals surface area contributed by atoms with Crippen LogP contribution in [0.4, 0.5) is 0 Å². The molecule has 0 atom stereocenters. The molecule has 28 heavy (non-hydrogen) atoms. The Kier molecular flexibility index (Phi) is 9.34. The average Bonchev–Trinajstić information content (AvgIpc) is 3.01. The molecule has 0 spiro atoms. The summed E-state index contributed by atoms with van der Waals surface area (Å²) in [6, 6.07) is 10.1. The molecular weight excluding hydrogens is 354 g/mol. The zero-order valence-corrected chi connectivity index (χ0v) is 17.5. The molecule has 0 amide bonds. The molecule has 154 valence electrons. The van der Waals surface area contributed by atoms with Crippen molar-refractivity contribution in [1.29, 1.82) is 0 Å². The summed E-state index contributed by atoms with van der Waals surface area (Å²) in [6.45, 7) is 10.4. The molecular formula is C21H33N5O2. The molecule has 1 heterocycles. The van der Waals surface area contributed by atoms with Crippen LogP contribution >= 0.6 is 0 Å². The molecule has 2 aromatic rings. The van der Waals surface area contributed by atoms with Crippen molar-refractivity contribution in [2.45, 2.75) is 40.3 Å². The number of hydrogen-bond donors (Lipinski definition) is 2. The van der Waals surface area contributed by atoms with Crippen molar-refractivity contribution < 1.29 is 9.47 Å². The van der Waals surface area contributed by atoms with Crippen LogP contribution in [0.25, 0.3) is 0 Å². The van der Waals surface area contributed by atoms with E-state index in [4.69, 9.17) is 9.47 Å². The molecule has 1 aromatic heterocycles. The fourth-order valence-electron chi connectivity index (χ4n) is 2.83. The molecule has 0 unspecified atom stereocenters. The van der Waals surface area contributed by atoms with E-state index in [-0.39, 0.29) is 0 Å². The molecule has 0 aliphatic rings. The van der Waals surface area contributed by atoms with E-state index >= 15 is 0 Å².